The van der Waals surface area contributed by atoms with E-state index in [4.69, 9.17) is 11.6 Å². The molecule has 2 rings (SSSR count). The minimum absolute atomic E-state index is 0.0181. The number of carbonyl (C=O) groups excluding carboxylic acids is 1. The van der Waals surface area contributed by atoms with Gasteiger partial charge in [-0.25, -0.2) is 4.79 Å². The molecule has 130 valence electrons. The van der Waals surface area contributed by atoms with Gasteiger partial charge in [0.2, 0.25) is 0 Å². The molecule has 0 saturated carbocycles. The van der Waals surface area contributed by atoms with Gasteiger partial charge in [-0.15, -0.1) is 0 Å². The van der Waals surface area contributed by atoms with Crippen molar-refractivity contribution in [1.29, 1.82) is 0 Å². The second-order valence-electron chi connectivity index (χ2n) is 6.70. The molecule has 0 bridgehead atoms. The number of nitrogens with one attached hydrogen (secondary N) is 1. The molecule has 4 nitrogen and oxygen atoms in total. The summed E-state index contributed by atoms with van der Waals surface area (Å²) in [4.78, 5) is 23.7. The molecule has 5 heteroatoms. The Morgan fingerprint density at radius 2 is 1.56 bits per heavy atom. The summed E-state index contributed by atoms with van der Waals surface area (Å²) >= 11 is 5.81. The quantitative estimate of drug-likeness (QED) is 0.792. The van der Waals surface area contributed by atoms with Crippen LogP contribution in [0.15, 0.2) is 54.2 Å². The average molecular weight is 358 g/mol. The van der Waals surface area contributed by atoms with E-state index >= 15 is 0 Å². The number of hydrogen-bond donors (Lipinski definition) is 2. The van der Waals surface area contributed by atoms with Gasteiger partial charge in [-0.2, -0.15) is 0 Å². The van der Waals surface area contributed by atoms with Crippen molar-refractivity contribution >= 4 is 29.6 Å². The van der Waals surface area contributed by atoms with Crippen LogP contribution in [0.1, 0.15) is 42.3 Å². The number of carboxylic acid groups (broad SMARTS) is 1. The fourth-order valence-electron chi connectivity index (χ4n) is 2.19. The highest BCUT2D eigenvalue weighted by Gasteiger charge is 2.16. The normalized spacial score (nSPS) is 11.9. The predicted molar refractivity (Wildman–Crippen MR) is 99.7 cm³/mol. The molecule has 2 aromatic rings. The molecule has 0 aliphatic carbocycles. The Kier molecular flexibility index (Phi) is 5.65. The van der Waals surface area contributed by atoms with Crippen LogP contribution in [0.3, 0.4) is 0 Å². The Balaban J connectivity index is 2.20. The Morgan fingerprint density at radius 1 is 1.00 bits per heavy atom. The molecule has 2 N–H and O–H groups in total. The van der Waals surface area contributed by atoms with Crippen LogP contribution in [-0.4, -0.2) is 17.0 Å². The average Bonchev–Trinajstić information content (AvgIpc) is 2.55. The molecule has 1 amide bonds. The number of carboxylic acids is 1. The van der Waals surface area contributed by atoms with Crippen molar-refractivity contribution in [3.8, 4) is 0 Å². The summed E-state index contributed by atoms with van der Waals surface area (Å²) in [5.41, 5.74) is 1.91. The molecule has 0 spiro atoms. The van der Waals surface area contributed by atoms with Crippen molar-refractivity contribution < 1.29 is 14.7 Å². The highest BCUT2D eigenvalue weighted by Crippen LogP contribution is 2.22. The number of halogens is 1. The van der Waals surface area contributed by atoms with Gasteiger partial charge in [-0.05, 0) is 46.9 Å². The van der Waals surface area contributed by atoms with E-state index in [9.17, 15) is 14.7 Å². The van der Waals surface area contributed by atoms with Crippen LogP contribution in [0.2, 0.25) is 5.02 Å². The fraction of sp³-hybridized carbons (Fsp3) is 0.200. The van der Waals surface area contributed by atoms with Crippen molar-refractivity contribution in [2.24, 2.45) is 0 Å². The lowest BCUT2D eigenvalue weighted by atomic mass is 9.87. The van der Waals surface area contributed by atoms with E-state index in [0.717, 1.165) is 5.56 Å². The van der Waals surface area contributed by atoms with Crippen LogP contribution in [0.4, 0.5) is 0 Å². The van der Waals surface area contributed by atoms with Crippen molar-refractivity contribution in [2.45, 2.75) is 26.2 Å². The van der Waals surface area contributed by atoms with Gasteiger partial charge in [0.05, 0.1) is 0 Å². The molecular weight excluding hydrogens is 338 g/mol. The number of hydrogen-bond acceptors (Lipinski definition) is 2. The molecule has 2 aromatic carbocycles. The Bertz CT molecular complexity index is 800. The molecular formula is C20H20ClNO3. The molecule has 0 aromatic heterocycles. The first-order valence-corrected chi connectivity index (χ1v) is 8.17. The minimum atomic E-state index is -1.21. The number of benzene rings is 2. The summed E-state index contributed by atoms with van der Waals surface area (Å²) in [6, 6.07) is 13.8. The molecule has 0 unspecified atom stereocenters. The lowest BCUT2D eigenvalue weighted by molar-refractivity contribution is -0.132. The molecule has 0 aliphatic heterocycles. The summed E-state index contributed by atoms with van der Waals surface area (Å²) in [6.45, 7) is 6.25. The molecule has 0 aliphatic rings. The van der Waals surface area contributed by atoms with Crippen LogP contribution >= 0.6 is 11.6 Å². The van der Waals surface area contributed by atoms with Crippen molar-refractivity contribution in [3.63, 3.8) is 0 Å². The third kappa shape index (κ3) is 5.19. The third-order valence-corrected chi connectivity index (χ3v) is 3.92. The standard InChI is InChI=1S/C20H20ClNO3/c1-20(2,3)15-8-6-14(7-9-15)18(23)22-17(19(24)25)12-13-4-10-16(21)11-5-13/h4-12H,1-3H3,(H,22,23)(H,24,25). The minimum Gasteiger partial charge on any atom is -0.477 e. The summed E-state index contributed by atoms with van der Waals surface area (Å²) < 4.78 is 0. The molecule has 0 radical (unpaired) electrons. The van der Waals surface area contributed by atoms with Crippen LogP contribution in [-0.2, 0) is 10.2 Å². The van der Waals surface area contributed by atoms with E-state index < -0.39 is 11.9 Å². The Hall–Kier alpha value is -2.59. The van der Waals surface area contributed by atoms with Crippen LogP contribution in [0.25, 0.3) is 6.08 Å². The number of amides is 1. The summed E-state index contributed by atoms with van der Waals surface area (Å²) in [5, 5.41) is 12.3. The maximum absolute atomic E-state index is 12.3. The zero-order chi connectivity index (χ0) is 18.6. The highest BCUT2D eigenvalue weighted by molar-refractivity contribution is 6.30. The van der Waals surface area contributed by atoms with Gasteiger partial charge in [0.15, 0.2) is 0 Å². The lowest BCUT2D eigenvalue weighted by Gasteiger charge is -2.19. The van der Waals surface area contributed by atoms with Gasteiger partial charge in [0.1, 0.15) is 5.70 Å². The molecule has 0 fully saturated rings. The van der Waals surface area contributed by atoms with Gasteiger partial charge >= 0.3 is 5.97 Å². The first-order chi connectivity index (χ1) is 11.7. The van der Waals surface area contributed by atoms with Gasteiger partial charge in [-0.3, -0.25) is 4.79 Å². The smallest absolute Gasteiger partial charge is 0.352 e. The topological polar surface area (TPSA) is 66.4 Å². The van der Waals surface area contributed by atoms with Crippen LogP contribution < -0.4 is 5.32 Å². The number of rotatable bonds is 4. The van der Waals surface area contributed by atoms with Crippen LogP contribution in [0.5, 0.6) is 0 Å². The largest absolute Gasteiger partial charge is 0.477 e. The first-order valence-electron chi connectivity index (χ1n) is 7.79. The van der Waals surface area contributed by atoms with Gasteiger partial charge in [0, 0.05) is 10.6 Å². The molecule has 25 heavy (non-hydrogen) atoms. The van der Waals surface area contributed by atoms with E-state index in [0.29, 0.717) is 16.1 Å². The van der Waals surface area contributed by atoms with Crippen molar-refractivity contribution in [2.75, 3.05) is 0 Å². The second-order valence-corrected chi connectivity index (χ2v) is 7.13. The van der Waals surface area contributed by atoms with E-state index in [2.05, 4.69) is 26.1 Å². The Labute approximate surface area is 152 Å². The van der Waals surface area contributed by atoms with Crippen molar-refractivity contribution in [1.82, 2.24) is 5.32 Å². The van der Waals surface area contributed by atoms with Gasteiger partial charge < -0.3 is 10.4 Å². The predicted octanol–water partition coefficient (Wildman–Crippen LogP) is 4.49. The highest BCUT2D eigenvalue weighted by atomic mass is 35.5. The summed E-state index contributed by atoms with van der Waals surface area (Å²) in [5.74, 6) is -1.68. The lowest BCUT2D eigenvalue weighted by Crippen LogP contribution is -2.27. The zero-order valence-corrected chi connectivity index (χ0v) is 15.1. The molecule has 0 saturated heterocycles. The van der Waals surface area contributed by atoms with E-state index in [1.54, 1.807) is 36.4 Å². The maximum Gasteiger partial charge on any atom is 0.352 e. The van der Waals surface area contributed by atoms with Gasteiger partial charge in [0.25, 0.3) is 5.91 Å². The van der Waals surface area contributed by atoms with Gasteiger partial charge in [-0.1, -0.05) is 56.6 Å². The second kappa shape index (κ2) is 7.53. The van der Waals surface area contributed by atoms with E-state index in [1.807, 2.05) is 12.1 Å². The SMILES string of the molecule is CC(C)(C)c1ccc(C(=O)NC(=Cc2ccc(Cl)cc2)C(=O)O)cc1. The van der Waals surface area contributed by atoms with E-state index in [1.165, 1.54) is 6.08 Å². The Morgan fingerprint density at radius 3 is 2.04 bits per heavy atom. The first kappa shape index (κ1) is 18.7. The fourth-order valence-corrected chi connectivity index (χ4v) is 2.32. The van der Waals surface area contributed by atoms with Crippen molar-refractivity contribution in [3.05, 3.63) is 75.9 Å². The van der Waals surface area contributed by atoms with Crippen LogP contribution in [0, 0.1) is 0 Å². The molecule has 0 heterocycles. The molecule has 0 atom stereocenters. The number of carbonyl (C=O) groups is 2. The third-order valence-electron chi connectivity index (χ3n) is 3.67. The zero-order valence-electron chi connectivity index (χ0n) is 14.3. The maximum atomic E-state index is 12.3. The monoisotopic (exact) mass is 357 g/mol. The van der Waals surface area contributed by atoms with E-state index in [-0.39, 0.29) is 11.1 Å². The summed E-state index contributed by atoms with van der Waals surface area (Å²) in [7, 11) is 0. The summed E-state index contributed by atoms with van der Waals surface area (Å²) in [6.07, 6.45) is 1.39. The number of aliphatic carboxylic acids is 1.